The third-order valence-corrected chi connectivity index (χ3v) is 6.01. The average molecular weight is 403 g/mol. The Morgan fingerprint density at radius 2 is 1.90 bits per heavy atom. The number of hydrogen-bond acceptors (Lipinski definition) is 4. The fourth-order valence-corrected chi connectivity index (χ4v) is 4.20. The molecule has 0 atom stereocenters. The Kier molecular flexibility index (Phi) is 6.09. The molecule has 2 aromatic heterocycles. The van der Waals surface area contributed by atoms with Crippen LogP contribution in [-0.2, 0) is 0 Å². The smallest absolute Gasteiger partial charge is 0.254 e. The highest BCUT2D eigenvalue weighted by Crippen LogP contribution is 2.28. The molecule has 0 N–H and O–H groups in total. The zero-order valence-corrected chi connectivity index (χ0v) is 18.1. The summed E-state index contributed by atoms with van der Waals surface area (Å²) in [6.07, 6.45) is 5.12. The first-order valence-corrected chi connectivity index (χ1v) is 10.8. The minimum Gasteiger partial charge on any atom is -0.339 e. The van der Waals surface area contributed by atoms with Gasteiger partial charge < -0.3 is 9.80 Å². The Bertz CT molecular complexity index is 1020. The number of carbonyl (C=O) groups is 1. The summed E-state index contributed by atoms with van der Waals surface area (Å²) >= 11 is 0. The summed E-state index contributed by atoms with van der Waals surface area (Å²) < 4.78 is 0. The van der Waals surface area contributed by atoms with E-state index >= 15 is 0 Å². The Morgan fingerprint density at radius 3 is 2.60 bits per heavy atom. The molecule has 1 aliphatic rings. The second-order valence-electron chi connectivity index (χ2n) is 8.62. The molecule has 1 aromatic carbocycles. The van der Waals surface area contributed by atoms with Crippen molar-refractivity contribution in [2.24, 2.45) is 5.92 Å². The summed E-state index contributed by atoms with van der Waals surface area (Å²) in [6.45, 7) is 4.81. The molecule has 5 heteroatoms. The van der Waals surface area contributed by atoms with Crippen LogP contribution in [0.25, 0.3) is 22.3 Å². The second kappa shape index (κ2) is 8.92. The summed E-state index contributed by atoms with van der Waals surface area (Å²) in [5, 5.41) is 0.925. The first kappa shape index (κ1) is 20.5. The molecule has 0 saturated carbocycles. The maximum absolute atomic E-state index is 13.6. The Hall–Kier alpha value is -2.79. The van der Waals surface area contributed by atoms with Crippen LogP contribution in [0.3, 0.4) is 0 Å². The highest BCUT2D eigenvalue weighted by Gasteiger charge is 2.25. The Morgan fingerprint density at radius 1 is 1.10 bits per heavy atom. The number of nitrogens with zero attached hydrogens (tertiary/aromatic N) is 4. The number of rotatable bonds is 5. The summed E-state index contributed by atoms with van der Waals surface area (Å²) in [5.74, 6) is 0.813. The minimum absolute atomic E-state index is 0.108. The predicted molar refractivity (Wildman–Crippen MR) is 122 cm³/mol. The van der Waals surface area contributed by atoms with Crippen LogP contribution < -0.4 is 0 Å². The molecule has 4 rings (SSSR count). The van der Waals surface area contributed by atoms with E-state index < -0.39 is 0 Å². The Balaban J connectivity index is 1.62. The number of pyridine rings is 2. The molecule has 0 radical (unpaired) electrons. The van der Waals surface area contributed by atoms with Crippen LogP contribution in [0.2, 0.25) is 0 Å². The number of carbonyl (C=O) groups excluding carboxylic acids is 1. The van der Waals surface area contributed by atoms with Gasteiger partial charge in [0.15, 0.2) is 0 Å². The quantitative estimate of drug-likeness (QED) is 0.634. The van der Waals surface area contributed by atoms with E-state index in [1.807, 2.05) is 41.3 Å². The molecule has 3 aromatic rings. The van der Waals surface area contributed by atoms with Gasteiger partial charge in [0.2, 0.25) is 0 Å². The van der Waals surface area contributed by atoms with Gasteiger partial charge in [-0.2, -0.15) is 0 Å². The molecule has 1 aliphatic heterocycles. The number of hydrogen-bond donors (Lipinski definition) is 0. The largest absolute Gasteiger partial charge is 0.339 e. The predicted octanol–water partition coefficient (Wildman–Crippen LogP) is 4.41. The van der Waals surface area contributed by atoms with E-state index in [9.17, 15) is 4.79 Å². The molecule has 0 bridgehead atoms. The molecule has 30 heavy (non-hydrogen) atoms. The molecular weight excluding hydrogens is 372 g/mol. The zero-order chi connectivity index (χ0) is 21.1. The van der Waals surface area contributed by atoms with Crippen LogP contribution in [0.1, 0.15) is 35.2 Å². The molecule has 1 saturated heterocycles. The summed E-state index contributed by atoms with van der Waals surface area (Å²) in [4.78, 5) is 27.0. The number of fused-ring (bicyclic) bond motifs is 1. The number of amides is 1. The molecule has 0 spiro atoms. The van der Waals surface area contributed by atoms with Gasteiger partial charge in [0.05, 0.1) is 22.5 Å². The molecular formula is C25H30N4O. The average Bonchev–Trinajstić information content (AvgIpc) is 2.77. The first-order chi connectivity index (χ1) is 14.5. The zero-order valence-electron chi connectivity index (χ0n) is 18.1. The summed E-state index contributed by atoms with van der Waals surface area (Å²) in [5.41, 5.74) is 4.24. The van der Waals surface area contributed by atoms with Gasteiger partial charge in [0.25, 0.3) is 5.91 Å². The summed E-state index contributed by atoms with van der Waals surface area (Å²) in [6, 6.07) is 13.8. The van der Waals surface area contributed by atoms with Crippen molar-refractivity contribution in [2.45, 2.75) is 26.2 Å². The summed E-state index contributed by atoms with van der Waals surface area (Å²) in [7, 11) is 4.24. The molecule has 156 valence electrons. The third-order valence-electron chi connectivity index (χ3n) is 6.01. The topological polar surface area (TPSA) is 49.3 Å². The molecule has 0 unspecified atom stereocenters. The number of benzene rings is 1. The monoisotopic (exact) mass is 402 g/mol. The number of aryl methyl sites for hydroxylation is 1. The van der Waals surface area contributed by atoms with E-state index in [4.69, 9.17) is 4.98 Å². The number of aromatic nitrogens is 2. The molecule has 0 aliphatic carbocycles. The lowest BCUT2D eigenvalue weighted by Crippen LogP contribution is -2.39. The van der Waals surface area contributed by atoms with E-state index in [2.05, 4.69) is 37.0 Å². The van der Waals surface area contributed by atoms with Crippen molar-refractivity contribution in [3.8, 4) is 11.4 Å². The fraction of sp³-hybridized carbons (Fsp3) is 0.400. The molecule has 5 nitrogen and oxygen atoms in total. The van der Waals surface area contributed by atoms with Crippen molar-refractivity contribution in [1.29, 1.82) is 0 Å². The van der Waals surface area contributed by atoms with Crippen LogP contribution in [0.4, 0.5) is 0 Å². The highest BCUT2D eigenvalue weighted by molar-refractivity contribution is 6.07. The maximum Gasteiger partial charge on any atom is 0.254 e. The number of piperidine rings is 1. The van der Waals surface area contributed by atoms with E-state index in [-0.39, 0.29) is 5.91 Å². The van der Waals surface area contributed by atoms with Gasteiger partial charge in [-0.15, -0.1) is 0 Å². The normalized spacial score (nSPS) is 15.1. The second-order valence-corrected chi connectivity index (χ2v) is 8.62. The van der Waals surface area contributed by atoms with E-state index in [1.165, 1.54) is 6.42 Å². The van der Waals surface area contributed by atoms with Crippen molar-refractivity contribution in [2.75, 3.05) is 33.7 Å². The minimum atomic E-state index is 0.108. The van der Waals surface area contributed by atoms with Crippen LogP contribution in [0, 0.1) is 12.8 Å². The highest BCUT2D eigenvalue weighted by atomic mass is 16.2. The van der Waals surface area contributed by atoms with Crippen molar-refractivity contribution in [3.63, 3.8) is 0 Å². The van der Waals surface area contributed by atoms with Gasteiger partial charge in [-0.1, -0.05) is 17.7 Å². The first-order valence-electron chi connectivity index (χ1n) is 10.8. The van der Waals surface area contributed by atoms with E-state index in [0.29, 0.717) is 5.92 Å². The van der Waals surface area contributed by atoms with Gasteiger partial charge in [0.1, 0.15) is 0 Å². The van der Waals surface area contributed by atoms with Crippen molar-refractivity contribution >= 4 is 16.8 Å². The number of likely N-dealkylation sites (tertiary alicyclic amines) is 1. The van der Waals surface area contributed by atoms with Crippen molar-refractivity contribution < 1.29 is 4.79 Å². The lowest BCUT2D eigenvalue weighted by molar-refractivity contribution is 0.0685. The van der Waals surface area contributed by atoms with Crippen molar-refractivity contribution in [1.82, 2.24) is 19.8 Å². The molecule has 1 amide bonds. The van der Waals surface area contributed by atoms with Crippen LogP contribution in [-0.4, -0.2) is 59.4 Å². The van der Waals surface area contributed by atoms with E-state index in [0.717, 1.165) is 65.9 Å². The Labute approximate surface area is 178 Å². The standard InChI is InChI=1S/C25H30N4O/c1-18-7-8-22-20(16-18)21(17-24(27-22)23-6-4-5-12-26-23)25(30)29-14-10-19(11-15-29)9-13-28(2)3/h4-8,12,16-17,19H,9-11,13-15H2,1-3H3. The van der Waals surface area contributed by atoms with Gasteiger partial charge in [-0.3, -0.25) is 9.78 Å². The van der Waals surface area contributed by atoms with E-state index in [1.54, 1.807) is 6.20 Å². The van der Waals surface area contributed by atoms with Crippen LogP contribution in [0.15, 0.2) is 48.7 Å². The lowest BCUT2D eigenvalue weighted by Gasteiger charge is -2.33. The lowest BCUT2D eigenvalue weighted by atomic mass is 9.92. The van der Waals surface area contributed by atoms with Gasteiger partial charge in [-0.05, 0) is 83.1 Å². The van der Waals surface area contributed by atoms with Crippen molar-refractivity contribution in [3.05, 3.63) is 59.8 Å². The van der Waals surface area contributed by atoms with Crippen LogP contribution in [0.5, 0.6) is 0 Å². The van der Waals surface area contributed by atoms with Gasteiger partial charge in [0, 0.05) is 24.7 Å². The fourth-order valence-electron chi connectivity index (χ4n) is 4.20. The third kappa shape index (κ3) is 4.51. The molecule has 3 heterocycles. The van der Waals surface area contributed by atoms with Gasteiger partial charge in [-0.25, -0.2) is 4.98 Å². The maximum atomic E-state index is 13.6. The molecule has 1 fully saturated rings. The van der Waals surface area contributed by atoms with Gasteiger partial charge >= 0.3 is 0 Å². The van der Waals surface area contributed by atoms with Crippen LogP contribution >= 0.6 is 0 Å². The SMILES string of the molecule is Cc1ccc2nc(-c3ccccn3)cc(C(=O)N3CCC(CCN(C)C)CC3)c2c1.